The second-order valence-electron chi connectivity index (χ2n) is 4.77. The van der Waals surface area contributed by atoms with Gasteiger partial charge in [-0.25, -0.2) is 0 Å². The molecule has 74 valence electrons. The fraction of sp³-hybridized carbons (Fsp3) is 0.900. The number of halogens is 1. The molecule has 3 heteroatoms. The molecular weight excluding hydrogens is 186 g/mol. The molecule has 0 aromatic rings. The van der Waals surface area contributed by atoms with Gasteiger partial charge in [0.25, 0.3) is 0 Å². The van der Waals surface area contributed by atoms with E-state index in [-0.39, 0.29) is 5.91 Å². The third kappa shape index (κ3) is 1.35. The highest BCUT2D eigenvalue weighted by Gasteiger charge is 2.62. The third-order valence-electron chi connectivity index (χ3n) is 3.78. The Kier molecular flexibility index (Phi) is 2.06. The van der Waals surface area contributed by atoms with Gasteiger partial charge in [-0.3, -0.25) is 4.79 Å². The molecule has 13 heavy (non-hydrogen) atoms. The van der Waals surface area contributed by atoms with E-state index in [0.29, 0.717) is 17.7 Å². The van der Waals surface area contributed by atoms with E-state index in [1.54, 1.807) is 0 Å². The van der Waals surface area contributed by atoms with Crippen molar-refractivity contribution in [2.75, 3.05) is 19.0 Å². The first-order valence-electron chi connectivity index (χ1n) is 4.91. The van der Waals surface area contributed by atoms with Crippen LogP contribution >= 0.6 is 11.6 Å². The maximum absolute atomic E-state index is 11.5. The molecule has 1 saturated carbocycles. The second-order valence-corrected chi connectivity index (χ2v) is 5.15. The Morgan fingerprint density at radius 3 is 2.46 bits per heavy atom. The number of carbonyl (C=O) groups is 1. The highest BCUT2D eigenvalue weighted by atomic mass is 35.5. The SMILES string of the molecule is CC1(C)C2CN(C(=O)CCCl)CC21. The smallest absolute Gasteiger partial charge is 0.223 e. The summed E-state index contributed by atoms with van der Waals surface area (Å²) in [5, 5.41) is 0. The van der Waals surface area contributed by atoms with Crippen molar-refractivity contribution in [2.24, 2.45) is 17.3 Å². The first-order valence-corrected chi connectivity index (χ1v) is 5.44. The van der Waals surface area contributed by atoms with Crippen LogP contribution in [-0.2, 0) is 4.79 Å². The molecule has 1 aliphatic heterocycles. The lowest BCUT2D eigenvalue weighted by Crippen LogP contribution is -2.32. The second kappa shape index (κ2) is 2.88. The van der Waals surface area contributed by atoms with Gasteiger partial charge in [-0.15, -0.1) is 11.6 Å². The summed E-state index contributed by atoms with van der Waals surface area (Å²) in [6, 6.07) is 0. The molecular formula is C10H16ClNO. The van der Waals surface area contributed by atoms with Gasteiger partial charge < -0.3 is 4.90 Å². The topological polar surface area (TPSA) is 20.3 Å². The van der Waals surface area contributed by atoms with Crippen LogP contribution in [0.4, 0.5) is 0 Å². The normalized spacial score (nSPS) is 34.5. The van der Waals surface area contributed by atoms with E-state index in [1.807, 2.05) is 4.90 Å². The van der Waals surface area contributed by atoms with Gasteiger partial charge in [0.1, 0.15) is 0 Å². The Morgan fingerprint density at radius 1 is 1.46 bits per heavy atom. The van der Waals surface area contributed by atoms with E-state index in [2.05, 4.69) is 13.8 Å². The van der Waals surface area contributed by atoms with Gasteiger partial charge in [0.15, 0.2) is 0 Å². The highest BCUT2D eigenvalue weighted by molar-refractivity contribution is 6.18. The molecule has 0 aromatic carbocycles. The summed E-state index contributed by atoms with van der Waals surface area (Å²) in [5.74, 6) is 2.20. The molecule has 1 amide bonds. The summed E-state index contributed by atoms with van der Waals surface area (Å²) >= 11 is 5.53. The van der Waals surface area contributed by atoms with Crippen molar-refractivity contribution in [3.05, 3.63) is 0 Å². The molecule has 0 aromatic heterocycles. The monoisotopic (exact) mass is 201 g/mol. The number of nitrogens with zero attached hydrogens (tertiary/aromatic N) is 1. The van der Waals surface area contributed by atoms with E-state index in [1.165, 1.54) is 0 Å². The zero-order valence-corrected chi connectivity index (χ0v) is 8.97. The lowest BCUT2D eigenvalue weighted by atomic mass is 10.1. The predicted octanol–water partition coefficient (Wildman–Crippen LogP) is 1.73. The molecule has 2 atom stereocenters. The lowest BCUT2D eigenvalue weighted by Gasteiger charge is -2.21. The van der Waals surface area contributed by atoms with Gasteiger partial charge in [-0.1, -0.05) is 13.8 Å². The fourth-order valence-corrected chi connectivity index (χ4v) is 2.74. The Balaban J connectivity index is 1.87. The molecule has 0 bridgehead atoms. The van der Waals surface area contributed by atoms with Crippen molar-refractivity contribution in [3.63, 3.8) is 0 Å². The first kappa shape index (κ1) is 9.32. The minimum absolute atomic E-state index is 0.234. The molecule has 0 spiro atoms. The van der Waals surface area contributed by atoms with Crippen molar-refractivity contribution < 1.29 is 4.79 Å². The predicted molar refractivity (Wildman–Crippen MR) is 52.7 cm³/mol. The lowest BCUT2D eigenvalue weighted by molar-refractivity contribution is -0.130. The summed E-state index contributed by atoms with van der Waals surface area (Å²) in [4.78, 5) is 13.4. The number of amides is 1. The van der Waals surface area contributed by atoms with Gasteiger partial charge in [-0.05, 0) is 17.3 Å². The van der Waals surface area contributed by atoms with Crippen molar-refractivity contribution >= 4 is 17.5 Å². The van der Waals surface area contributed by atoms with Gasteiger partial charge in [0, 0.05) is 25.4 Å². The van der Waals surface area contributed by atoms with Crippen molar-refractivity contribution in [1.29, 1.82) is 0 Å². The van der Waals surface area contributed by atoms with E-state index < -0.39 is 0 Å². The molecule has 2 nitrogen and oxygen atoms in total. The molecule has 1 heterocycles. The zero-order chi connectivity index (χ0) is 9.64. The molecule has 0 radical (unpaired) electrons. The molecule has 2 unspecified atom stereocenters. The van der Waals surface area contributed by atoms with Crippen LogP contribution in [0, 0.1) is 17.3 Å². The number of fused-ring (bicyclic) bond motifs is 1. The van der Waals surface area contributed by atoms with Gasteiger partial charge in [0.05, 0.1) is 0 Å². The van der Waals surface area contributed by atoms with Crippen LogP contribution in [0.25, 0.3) is 0 Å². The maximum Gasteiger partial charge on any atom is 0.223 e. The Bertz CT molecular complexity index is 225. The molecule has 2 aliphatic rings. The van der Waals surface area contributed by atoms with Gasteiger partial charge in [-0.2, -0.15) is 0 Å². The first-order chi connectivity index (χ1) is 6.07. The fourth-order valence-electron chi connectivity index (χ4n) is 2.57. The van der Waals surface area contributed by atoms with E-state index in [9.17, 15) is 4.79 Å². The molecule has 0 N–H and O–H groups in total. The van der Waals surface area contributed by atoms with Crippen LogP contribution in [0.1, 0.15) is 20.3 Å². The number of hydrogen-bond acceptors (Lipinski definition) is 1. The molecule has 1 aliphatic carbocycles. The summed E-state index contributed by atoms with van der Waals surface area (Å²) in [5.41, 5.74) is 0.498. The minimum Gasteiger partial charge on any atom is -0.342 e. The third-order valence-corrected chi connectivity index (χ3v) is 3.97. The number of likely N-dealkylation sites (tertiary alicyclic amines) is 1. The van der Waals surface area contributed by atoms with Crippen LogP contribution in [-0.4, -0.2) is 29.8 Å². The Hall–Kier alpha value is -0.240. The minimum atomic E-state index is 0.234. The summed E-state index contributed by atoms with van der Waals surface area (Å²) in [6.07, 6.45) is 0.501. The summed E-state index contributed by atoms with van der Waals surface area (Å²) < 4.78 is 0. The highest BCUT2D eigenvalue weighted by Crippen LogP contribution is 2.61. The molecule has 1 saturated heterocycles. The van der Waals surface area contributed by atoms with Crippen molar-refractivity contribution in [3.8, 4) is 0 Å². The number of piperidine rings is 1. The largest absolute Gasteiger partial charge is 0.342 e. The standard InChI is InChI=1S/C10H16ClNO/c1-10(2)7-5-12(6-8(7)10)9(13)3-4-11/h7-8H,3-6H2,1-2H3. The van der Waals surface area contributed by atoms with Gasteiger partial charge >= 0.3 is 0 Å². The summed E-state index contributed by atoms with van der Waals surface area (Å²) in [7, 11) is 0. The summed E-state index contributed by atoms with van der Waals surface area (Å²) in [6.45, 7) is 6.53. The number of rotatable bonds is 2. The van der Waals surface area contributed by atoms with Gasteiger partial charge in [0.2, 0.25) is 5.91 Å². The molecule has 2 rings (SSSR count). The Labute approximate surface area is 84.2 Å². The van der Waals surface area contributed by atoms with Crippen LogP contribution in [0.3, 0.4) is 0 Å². The van der Waals surface area contributed by atoms with Crippen molar-refractivity contribution in [2.45, 2.75) is 20.3 Å². The van der Waals surface area contributed by atoms with Crippen LogP contribution < -0.4 is 0 Å². The molecule has 2 fully saturated rings. The number of carbonyl (C=O) groups excluding carboxylic acids is 1. The van der Waals surface area contributed by atoms with Crippen molar-refractivity contribution in [1.82, 2.24) is 4.90 Å². The number of hydrogen-bond donors (Lipinski definition) is 0. The average molecular weight is 202 g/mol. The zero-order valence-electron chi connectivity index (χ0n) is 8.22. The van der Waals surface area contributed by atoms with Crippen LogP contribution in [0.2, 0.25) is 0 Å². The Morgan fingerprint density at radius 2 is 2.00 bits per heavy atom. The quantitative estimate of drug-likeness (QED) is 0.624. The van der Waals surface area contributed by atoms with Crippen LogP contribution in [0.5, 0.6) is 0 Å². The number of alkyl halides is 1. The average Bonchev–Trinajstić information content (AvgIpc) is 2.53. The van der Waals surface area contributed by atoms with Crippen LogP contribution in [0.15, 0.2) is 0 Å². The van der Waals surface area contributed by atoms with E-state index in [0.717, 1.165) is 24.9 Å². The maximum atomic E-state index is 11.5. The van der Waals surface area contributed by atoms with E-state index in [4.69, 9.17) is 11.6 Å². The van der Waals surface area contributed by atoms with E-state index >= 15 is 0 Å².